The molecule has 0 bridgehead atoms. The van der Waals surface area contributed by atoms with Gasteiger partial charge in [0.15, 0.2) is 11.6 Å². The number of carboxylic acids is 1. The van der Waals surface area contributed by atoms with Gasteiger partial charge in [-0.2, -0.15) is 0 Å². The number of pyridine rings is 1. The lowest BCUT2D eigenvalue weighted by Gasteiger charge is -2.40. The highest BCUT2D eigenvalue weighted by Gasteiger charge is 2.56. The second kappa shape index (κ2) is 5.25. The quantitative estimate of drug-likeness (QED) is 0.863. The minimum Gasteiger partial charge on any atom is -0.482 e. The first-order chi connectivity index (χ1) is 13.2. The van der Waals surface area contributed by atoms with Gasteiger partial charge in [-0.1, -0.05) is 0 Å². The van der Waals surface area contributed by atoms with Crippen molar-refractivity contribution in [2.24, 2.45) is 0 Å². The number of benzene rings is 1. The lowest BCUT2D eigenvalue weighted by Crippen LogP contribution is -2.45. The predicted octanol–water partition coefficient (Wildman–Crippen LogP) is 3.16. The van der Waals surface area contributed by atoms with Crippen LogP contribution in [0.15, 0.2) is 30.5 Å². The maximum atomic E-state index is 12.6. The third kappa shape index (κ3) is 2.25. The molecule has 2 aliphatic heterocycles. The molecule has 1 amide bonds. The van der Waals surface area contributed by atoms with Gasteiger partial charge in [0.2, 0.25) is 0 Å². The third-order valence-electron chi connectivity index (χ3n) is 5.98. The Bertz CT molecular complexity index is 1040. The highest BCUT2D eigenvalue weighted by molar-refractivity contribution is 6.01. The SMILES string of the molecule is CN1C(=O)c2ccc(N3CC(C)(C)Oc4cc(C(=O)O)cnc43)cc2C12CC2. The van der Waals surface area contributed by atoms with Crippen molar-refractivity contribution in [3.63, 3.8) is 0 Å². The first kappa shape index (κ1) is 17.0. The molecule has 1 aliphatic carbocycles. The molecule has 1 aromatic carbocycles. The summed E-state index contributed by atoms with van der Waals surface area (Å²) in [4.78, 5) is 32.2. The Hall–Kier alpha value is -3.09. The highest BCUT2D eigenvalue weighted by atomic mass is 16.5. The Morgan fingerprint density at radius 1 is 1.25 bits per heavy atom. The number of ether oxygens (including phenoxy) is 1. The van der Waals surface area contributed by atoms with Gasteiger partial charge in [0.25, 0.3) is 5.91 Å². The van der Waals surface area contributed by atoms with Gasteiger partial charge in [-0.25, -0.2) is 9.78 Å². The summed E-state index contributed by atoms with van der Waals surface area (Å²) in [5, 5.41) is 9.27. The van der Waals surface area contributed by atoms with E-state index in [1.165, 1.54) is 12.3 Å². The number of fused-ring (bicyclic) bond motifs is 3. The van der Waals surface area contributed by atoms with Gasteiger partial charge in [0.1, 0.15) is 5.60 Å². The van der Waals surface area contributed by atoms with Crippen LogP contribution in [0.3, 0.4) is 0 Å². The molecule has 1 saturated carbocycles. The third-order valence-corrected chi connectivity index (χ3v) is 5.98. The number of hydrogen-bond acceptors (Lipinski definition) is 5. The summed E-state index contributed by atoms with van der Waals surface area (Å²) in [5.74, 6) is 0.0762. The van der Waals surface area contributed by atoms with Gasteiger partial charge >= 0.3 is 5.97 Å². The molecule has 7 nitrogen and oxygen atoms in total. The summed E-state index contributed by atoms with van der Waals surface area (Å²) in [7, 11) is 1.87. The molecule has 7 heteroatoms. The fourth-order valence-corrected chi connectivity index (χ4v) is 4.38. The van der Waals surface area contributed by atoms with E-state index in [1.807, 2.05) is 42.8 Å². The van der Waals surface area contributed by atoms with Crippen molar-refractivity contribution in [3.05, 3.63) is 47.2 Å². The van der Waals surface area contributed by atoms with Gasteiger partial charge in [-0.05, 0) is 50.5 Å². The molecule has 0 atom stereocenters. The molecule has 0 radical (unpaired) electrons. The zero-order chi connectivity index (χ0) is 19.8. The smallest absolute Gasteiger partial charge is 0.337 e. The largest absolute Gasteiger partial charge is 0.482 e. The van der Waals surface area contributed by atoms with Crippen LogP contribution in [0, 0.1) is 0 Å². The Balaban J connectivity index is 1.62. The fourth-order valence-electron chi connectivity index (χ4n) is 4.38. The summed E-state index contributed by atoms with van der Waals surface area (Å²) in [6.45, 7) is 4.49. The minimum atomic E-state index is -1.04. The summed E-state index contributed by atoms with van der Waals surface area (Å²) >= 11 is 0. The monoisotopic (exact) mass is 379 g/mol. The number of rotatable bonds is 2. The van der Waals surface area contributed by atoms with Crippen molar-refractivity contribution in [2.45, 2.75) is 37.8 Å². The van der Waals surface area contributed by atoms with E-state index in [9.17, 15) is 14.7 Å². The zero-order valence-corrected chi connectivity index (χ0v) is 16.0. The number of aromatic nitrogens is 1. The second-order valence-electron chi connectivity index (χ2n) is 8.42. The lowest BCUT2D eigenvalue weighted by molar-refractivity contribution is 0.0691. The average molecular weight is 379 g/mol. The maximum absolute atomic E-state index is 12.6. The van der Waals surface area contributed by atoms with Crippen LogP contribution in [0.2, 0.25) is 0 Å². The molecule has 28 heavy (non-hydrogen) atoms. The van der Waals surface area contributed by atoms with Crippen LogP contribution in [0.1, 0.15) is 53.0 Å². The van der Waals surface area contributed by atoms with Gasteiger partial charge in [0.05, 0.1) is 17.6 Å². The standard InChI is InChI=1S/C21H21N3O4/c1-20(2)11-24(17-16(28-20)8-12(10-22-17)19(26)27)13-4-5-14-15(9-13)21(6-7-21)23(3)18(14)25/h4-5,8-10H,6-7,11H2,1-3H3,(H,26,27). The molecule has 3 aliphatic rings. The topological polar surface area (TPSA) is 83.0 Å². The number of carbonyl (C=O) groups is 2. The number of amides is 1. The molecule has 144 valence electrons. The Labute approximate surface area is 162 Å². The van der Waals surface area contributed by atoms with Crippen molar-refractivity contribution in [1.82, 2.24) is 9.88 Å². The number of hydrogen-bond donors (Lipinski definition) is 1. The first-order valence-corrected chi connectivity index (χ1v) is 9.34. The molecule has 1 spiro atoms. The number of carboxylic acid groups (broad SMARTS) is 1. The van der Waals surface area contributed by atoms with Crippen molar-refractivity contribution in [1.29, 1.82) is 0 Å². The van der Waals surface area contributed by atoms with Crippen LogP contribution in [0.4, 0.5) is 11.5 Å². The normalized spacial score (nSPS) is 20.6. The van der Waals surface area contributed by atoms with Crippen molar-refractivity contribution < 1.29 is 19.4 Å². The molecule has 1 aromatic heterocycles. The van der Waals surface area contributed by atoms with E-state index in [0.29, 0.717) is 18.1 Å². The zero-order valence-electron chi connectivity index (χ0n) is 16.0. The van der Waals surface area contributed by atoms with E-state index in [-0.39, 0.29) is 17.0 Å². The maximum Gasteiger partial charge on any atom is 0.337 e. The first-order valence-electron chi connectivity index (χ1n) is 9.34. The summed E-state index contributed by atoms with van der Waals surface area (Å²) in [6.07, 6.45) is 3.32. The average Bonchev–Trinajstić information content (AvgIpc) is 3.43. The highest BCUT2D eigenvalue weighted by Crippen LogP contribution is 2.56. The minimum absolute atomic E-state index is 0.0750. The molecule has 1 fully saturated rings. The number of carbonyl (C=O) groups excluding carboxylic acids is 1. The summed E-state index contributed by atoms with van der Waals surface area (Å²) in [6, 6.07) is 7.43. The van der Waals surface area contributed by atoms with E-state index >= 15 is 0 Å². The van der Waals surface area contributed by atoms with Crippen molar-refractivity contribution in [2.75, 3.05) is 18.5 Å². The number of nitrogens with zero attached hydrogens (tertiary/aromatic N) is 3. The van der Waals surface area contributed by atoms with E-state index in [2.05, 4.69) is 11.1 Å². The van der Waals surface area contributed by atoms with Crippen LogP contribution < -0.4 is 9.64 Å². The number of aromatic carboxylic acids is 1. The van der Waals surface area contributed by atoms with Crippen LogP contribution in [-0.4, -0.2) is 46.1 Å². The molecule has 1 N–H and O–H groups in total. The Morgan fingerprint density at radius 3 is 2.68 bits per heavy atom. The summed E-state index contributed by atoms with van der Waals surface area (Å²) in [5.41, 5.74) is 2.19. The van der Waals surface area contributed by atoms with Crippen LogP contribution in [-0.2, 0) is 5.54 Å². The van der Waals surface area contributed by atoms with Gasteiger partial charge < -0.3 is 19.6 Å². The molecular weight excluding hydrogens is 358 g/mol. The van der Waals surface area contributed by atoms with Crippen molar-refractivity contribution >= 4 is 23.4 Å². The molecule has 0 saturated heterocycles. The van der Waals surface area contributed by atoms with Crippen LogP contribution in [0.25, 0.3) is 0 Å². The molecule has 3 heterocycles. The molecule has 0 unspecified atom stereocenters. The van der Waals surface area contributed by atoms with Gasteiger partial charge in [-0.15, -0.1) is 0 Å². The second-order valence-corrected chi connectivity index (χ2v) is 8.42. The Kier molecular flexibility index (Phi) is 3.19. The predicted molar refractivity (Wildman–Crippen MR) is 102 cm³/mol. The molecule has 5 rings (SSSR count). The van der Waals surface area contributed by atoms with E-state index in [0.717, 1.165) is 29.7 Å². The number of anilines is 2. The van der Waals surface area contributed by atoms with E-state index in [1.54, 1.807) is 0 Å². The lowest BCUT2D eigenvalue weighted by atomic mass is 10.00. The van der Waals surface area contributed by atoms with Crippen LogP contribution in [0.5, 0.6) is 5.75 Å². The van der Waals surface area contributed by atoms with E-state index in [4.69, 9.17) is 4.74 Å². The van der Waals surface area contributed by atoms with Gasteiger partial charge in [0, 0.05) is 30.6 Å². The molecule has 2 aromatic rings. The molecular formula is C21H21N3O4. The van der Waals surface area contributed by atoms with E-state index < -0.39 is 11.6 Å². The van der Waals surface area contributed by atoms with Gasteiger partial charge in [-0.3, -0.25) is 4.79 Å². The Morgan fingerprint density at radius 2 is 2.00 bits per heavy atom. The summed E-state index contributed by atoms with van der Waals surface area (Å²) < 4.78 is 6.01. The van der Waals surface area contributed by atoms with Crippen molar-refractivity contribution in [3.8, 4) is 5.75 Å². The van der Waals surface area contributed by atoms with Crippen LogP contribution >= 0.6 is 0 Å². The fraction of sp³-hybridized carbons (Fsp3) is 0.381.